The quantitative estimate of drug-likeness (QED) is 0.696. The van der Waals surface area contributed by atoms with Gasteiger partial charge in [-0.05, 0) is 36.8 Å². The molecule has 21 heavy (non-hydrogen) atoms. The minimum atomic E-state index is 0.329. The molecule has 2 heterocycles. The van der Waals surface area contributed by atoms with Crippen molar-refractivity contribution in [3.05, 3.63) is 59.2 Å². The molecule has 0 fully saturated rings. The van der Waals surface area contributed by atoms with E-state index in [1.54, 1.807) is 6.07 Å². The zero-order chi connectivity index (χ0) is 14.8. The van der Waals surface area contributed by atoms with Gasteiger partial charge in [-0.2, -0.15) is 5.26 Å². The average Bonchev–Trinajstić information content (AvgIpc) is 2.86. The minimum Gasteiger partial charge on any atom is -0.322 e. The SMILES string of the molecule is Cc1ccc(Cn2c(CCl)nc3ccc(C#N)cc32)cn1. The third kappa shape index (κ3) is 2.61. The smallest absolute Gasteiger partial charge is 0.125 e. The lowest BCUT2D eigenvalue weighted by atomic mass is 10.2. The molecule has 0 N–H and O–H groups in total. The Balaban J connectivity index is 2.10. The van der Waals surface area contributed by atoms with Crippen molar-refractivity contribution in [2.45, 2.75) is 19.3 Å². The van der Waals surface area contributed by atoms with Crippen molar-refractivity contribution in [3.8, 4) is 6.07 Å². The third-order valence-electron chi connectivity index (χ3n) is 3.39. The fraction of sp³-hybridized carbons (Fsp3) is 0.188. The number of halogens is 1. The highest BCUT2D eigenvalue weighted by molar-refractivity contribution is 6.16. The molecule has 0 atom stereocenters. The maximum Gasteiger partial charge on any atom is 0.125 e. The molecule has 3 aromatic rings. The van der Waals surface area contributed by atoms with Gasteiger partial charge >= 0.3 is 0 Å². The molecule has 3 rings (SSSR count). The number of hydrogen-bond donors (Lipinski definition) is 0. The van der Waals surface area contributed by atoms with Gasteiger partial charge in [0, 0.05) is 11.9 Å². The van der Waals surface area contributed by atoms with Crippen LogP contribution in [0, 0.1) is 18.3 Å². The maximum absolute atomic E-state index is 9.06. The van der Waals surface area contributed by atoms with Gasteiger partial charge in [-0.15, -0.1) is 11.6 Å². The van der Waals surface area contributed by atoms with E-state index in [0.29, 0.717) is 18.0 Å². The van der Waals surface area contributed by atoms with Gasteiger partial charge in [0.1, 0.15) is 5.82 Å². The number of imidazole rings is 1. The van der Waals surface area contributed by atoms with Crippen LogP contribution in [0.25, 0.3) is 11.0 Å². The molecular formula is C16H13ClN4. The molecule has 4 nitrogen and oxygen atoms in total. The minimum absolute atomic E-state index is 0.329. The Morgan fingerprint density at radius 3 is 2.81 bits per heavy atom. The Hall–Kier alpha value is -2.38. The number of nitrogens with zero attached hydrogens (tertiary/aromatic N) is 4. The molecular weight excluding hydrogens is 284 g/mol. The first-order valence-electron chi connectivity index (χ1n) is 6.58. The largest absolute Gasteiger partial charge is 0.322 e. The van der Waals surface area contributed by atoms with Crippen molar-refractivity contribution in [1.82, 2.24) is 14.5 Å². The van der Waals surface area contributed by atoms with Crippen LogP contribution in [0.4, 0.5) is 0 Å². The summed E-state index contributed by atoms with van der Waals surface area (Å²) in [6, 6.07) is 11.7. The molecule has 0 aliphatic heterocycles. The van der Waals surface area contributed by atoms with Crippen molar-refractivity contribution in [1.29, 1.82) is 5.26 Å². The molecule has 0 spiro atoms. The van der Waals surface area contributed by atoms with Crippen LogP contribution in [-0.2, 0) is 12.4 Å². The Bertz CT molecular complexity index is 828. The van der Waals surface area contributed by atoms with Crippen molar-refractivity contribution in [2.75, 3.05) is 0 Å². The third-order valence-corrected chi connectivity index (χ3v) is 3.63. The summed E-state index contributed by atoms with van der Waals surface area (Å²) in [7, 11) is 0. The molecule has 0 saturated carbocycles. The Kier molecular flexibility index (Phi) is 3.59. The number of hydrogen-bond acceptors (Lipinski definition) is 3. The molecule has 5 heteroatoms. The van der Waals surface area contributed by atoms with Crippen LogP contribution in [0.2, 0.25) is 0 Å². The molecule has 104 valence electrons. The van der Waals surface area contributed by atoms with E-state index < -0.39 is 0 Å². The molecule has 0 aliphatic carbocycles. The standard InChI is InChI=1S/C16H13ClN4/c1-11-2-3-13(9-19-11)10-21-15-6-12(8-18)4-5-14(15)20-16(21)7-17/h2-6,9H,7,10H2,1H3. The Morgan fingerprint density at radius 2 is 2.14 bits per heavy atom. The number of aryl methyl sites for hydroxylation is 1. The fourth-order valence-corrected chi connectivity index (χ4v) is 2.50. The maximum atomic E-state index is 9.06. The number of alkyl halides is 1. The van der Waals surface area contributed by atoms with E-state index in [0.717, 1.165) is 28.1 Å². The van der Waals surface area contributed by atoms with Crippen LogP contribution in [-0.4, -0.2) is 14.5 Å². The molecule has 0 unspecified atom stereocenters. The Morgan fingerprint density at radius 1 is 1.29 bits per heavy atom. The van der Waals surface area contributed by atoms with E-state index in [1.807, 2.05) is 42.0 Å². The number of benzene rings is 1. The van der Waals surface area contributed by atoms with Crippen LogP contribution < -0.4 is 0 Å². The van der Waals surface area contributed by atoms with Crippen LogP contribution in [0.5, 0.6) is 0 Å². The van der Waals surface area contributed by atoms with E-state index in [9.17, 15) is 0 Å². The summed E-state index contributed by atoms with van der Waals surface area (Å²) in [5.74, 6) is 1.12. The van der Waals surface area contributed by atoms with Gasteiger partial charge in [0.05, 0.1) is 35.1 Å². The highest BCUT2D eigenvalue weighted by atomic mass is 35.5. The number of rotatable bonds is 3. The highest BCUT2D eigenvalue weighted by Crippen LogP contribution is 2.20. The normalized spacial score (nSPS) is 10.7. The zero-order valence-corrected chi connectivity index (χ0v) is 12.3. The first-order valence-corrected chi connectivity index (χ1v) is 7.11. The van der Waals surface area contributed by atoms with Gasteiger partial charge in [-0.1, -0.05) is 6.07 Å². The van der Waals surface area contributed by atoms with Gasteiger partial charge in [0.25, 0.3) is 0 Å². The van der Waals surface area contributed by atoms with E-state index in [4.69, 9.17) is 16.9 Å². The van der Waals surface area contributed by atoms with Crippen LogP contribution >= 0.6 is 11.6 Å². The summed E-state index contributed by atoms with van der Waals surface area (Å²) in [5, 5.41) is 9.06. The van der Waals surface area contributed by atoms with Gasteiger partial charge in [-0.3, -0.25) is 4.98 Å². The first-order chi connectivity index (χ1) is 10.2. The van der Waals surface area contributed by atoms with Crippen LogP contribution in [0.1, 0.15) is 22.6 Å². The van der Waals surface area contributed by atoms with Gasteiger partial charge < -0.3 is 4.57 Å². The number of fused-ring (bicyclic) bond motifs is 1. The number of pyridine rings is 1. The summed E-state index contributed by atoms with van der Waals surface area (Å²) in [6.45, 7) is 2.60. The fourth-order valence-electron chi connectivity index (χ4n) is 2.30. The summed E-state index contributed by atoms with van der Waals surface area (Å²) in [6.07, 6.45) is 1.85. The topological polar surface area (TPSA) is 54.5 Å². The average molecular weight is 297 g/mol. The highest BCUT2D eigenvalue weighted by Gasteiger charge is 2.11. The molecule has 2 aromatic heterocycles. The lowest BCUT2D eigenvalue weighted by Crippen LogP contribution is -2.04. The van der Waals surface area contributed by atoms with Crippen molar-refractivity contribution < 1.29 is 0 Å². The van der Waals surface area contributed by atoms with Crippen LogP contribution in [0.3, 0.4) is 0 Å². The molecule has 0 saturated heterocycles. The molecule has 0 bridgehead atoms. The van der Waals surface area contributed by atoms with E-state index >= 15 is 0 Å². The van der Waals surface area contributed by atoms with Gasteiger partial charge in [0.15, 0.2) is 0 Å². The second kappa shape index (κ2) is 5.55. The van der Waals surface area contributed by atoms with Crippen LogP contribution in [0.15, 0.2) is 36.5 Å². The van der Waals surface area contributed by atoms with Crippen molar-refractivity contribution in [3.63, 3.8) is 0 Å². The molecule has 1 aromatic carbocycles. The van der Waals surface area contributed by atoms with E-state index in [1.165, 1.54) is 0 Å². The van der Waals surface area contributed by atoms with Gasteiger partial charge in [-0.25, -0.2) is 4.98 Å². The summed E-state index contributed by atoms with van der Waals surface area (Å²) in [5.41, 5.74) is 4.45. The summed E-state index contributed by atoms with van der Waals surface area (Å²) < 4.78 is 2.04. The molecule has 0 aliphatic rings. The predicted octanol–water partition coefficient (Wildman–Crippen LogP) is 3.40. The van der Waals surface area contributed by atoms with E-state index in [2.05, 4.69) is 16.0 Å². The Labute approximate surface area is 127 Å². The zero-order valence-electron chi connectivity index (χ0n) is 11.5. The van der Waals surface area contributed by atoms with Crippen molar-refractivity contribution in [2.24, 2.45) is 0 Å². The van der Waals surface area contributed by atoms with E-state index in [-0.39, 0.29) is 0 Å². The predicted molar refractivity (Wildman–Crippen MR) is 82.1 cm³/mol. The lowest BCUT2D eigenvalue weighted by molar-refractivity contribution is 0.774. The van der Waals surface area contributed by atoms with Crippen molar-refractivity contribution >= 4 is 22.6 Å². The lowest BCUT2D eigenvalue weighted by Gasteiger charge is -2.08. The number of nitriles is 1. The summed E-state index contributed by atoms with van der Waals surface area (Å²) >= 11 is 6.00. The second-order valence-electron chi connectivity index (χ2n) is 4.87. The second-order valence-corrected chi connectivity index (χ2v) is 5.14. The number of aromatic nitrogens is 3. The first kappa shape index (κ1) is 13.6. The molecule has 0 radical (unpaired) electrons. The molecule has 0 amide bonds. The monoisotopic (exact) mass is 296 g/mol. The van der Waals surface area contributed by atoms with Gasteiger partial charge in [0.2, 0.25) is 0 Å². The summed E-state index contributed by atoms with van der Waals surface area (Å²) in [4.78, 5) is 8.83.